The van der Waals surface area contributed by atoms with E-state index < -0.39 is 0 Å². The van der Waals surface area contributed by atoms with Gasteiger partial charge in [-0.2, -0.15) is 0 Å². The van der Waals surface area contributed by atoms with Crippen LogP contribution in [0.25, 0.3) is 0 Å². The van der Waals surface area contributed by atoms with E-state index in [2.05, 4.69) is 5.32 Å². The van der Waals surface area contributed by atoms with Crippen molar-refractivity contribution < 1.29 is 9.53 Å². The molecule has 4 nitrogen and oxygen atoms in total. The van der Waals surface area contributed by atoms with Gasteiger partial charge in [0, 0.05) is 23.7 Å². The standard InChI is InChI=1S/C12H18N2O2S/c1-9(7-16-2)14-12(15)8-17-11-5-3-10(13)4-6-11/h3-6,9H,7-8,13H2,1-2H3,(H,14,15). The smallest absolute Gasteiger partial charge is 0.230 e. The lowest BCUT2D eigenvalue weighted by atomic mass is 10.3. The Hall–Kier alpha value is -1.20. The maximum atomic E-state index is 11.6. The van der Waals surface area contributed by atoms with E-state index in [9.17, 15) is 4.79 Å². The minimum atomic E-state index is 0.0105. The molecule has 1 unspecified atom stereocenters. The number of amides is 1. The van der Waals surface area contributed by atoms with Gasteiger partial charge in [0.15, 0.2) is 0 Å². The van der Waals surface area contributed by atoms with Gasteiger partial charge in [0.25, 0.3) is 0 Å². The molecule has 94 valence electrons. The number of carbonyl (C=O) groups is 1. The van der Waals surface area contributed by atoms with E-state index >= 15 is 0 Å². The van der Waals surface area contributed by atoms with E-state index in [0.717, 1.165) is 10.6 Å². The lowest BCUT2D eigenvalue weighted by molar-refractivity contribution is -0.119. The van der Waals surface area contributed by atoms with Crippen LogP contribution in [0, 0.1) is 0 Å². The van der Waals surface area contributed by atoms with Gasteiger partial charge in [0.05, 0.1) is 12.4 Å². The van der Waals surface area contributed by atoms with Crippen molar-refractivity contribution >= 4 is 23.4 Å². The van der Waals surface area contributed by atoms with Crippen molar-refractivity contribution in [2.75, 3.05) is 25.2 Å². The maximum absolute atomic E-state index is 11.6. The molecule has 1 amide bonds. The molecule has 3 N–H and O–H groups in total. The molecular weight excluding hydrogens is 236 g/mol. The molecule has 0 saturated carbocycles. The number of nitrogens with two attached hydrogens (primary N) is 1. The van der Waals surface area contributed by atoms with Crippen molar-refractivity contribution in [3.63, 3.8) is 0 Å². The summed E-state index contributed by atoms with van der Waals surface area (Å²) in [6, 6.07) is 7.51. The van der Waals surface area contributed by atoms with E-state index in [1.807, 2.05) is 31.2 Å². The van der Waals surface area contributed by atoms with Crippen LogP contribution in [0.2, 0.25) is 0 Å². The van der Waals surface area contributed by atoms with Gasteiger partial charge in [-0.3, -0.25) is 4.79 Å². The summed E-state index contributed by atoms with van der Waals surface area (Å²) in [5.41, 5.74) is 6.31. The molecule has 0 bridgehead atoms. The molecule has 1 aromatic carbocycles. The van der Waals surface area contributed by atoms with Gasteiger partial charge in [-0.25, -0.2) is 0 Å². The number of nitrogen functional groups attached to an aromatic ring is 1. The molecule has 5 heteroatoms. The lowest BCUT2D eigenvalue weighted by Crippen LogP contribution is -2.36. The highest BCUT2D eigenvalue weighted by Gasteiger charge is 2.07. The molecule has 0 radical (unpaired) electrons. The second-order valence-corrected chi connectivity index (χ2v) is 4.83. The van der Waals surface area contributed by atoms with Gasteiger partial charge in [-0.15, -0.1) is 11.8 Å². The van der Waals surface area contributed by atoms with Gasteiger partial charge < -0.3 is 15.8 Å². The number of benzene rings is 1. The Labute approximate surface area is 106 Å². The fourth-order valence-corrected chi connectivity index (χ4v) is 2.03. The average Bonchev–Trinajstić information content (AvgIpc) is 2.28. The van der Waals surface area contributed by atoms with Crippen molar-refractivity contribution in [1.29, 1.82) is 0 Å². The van der Waals surface area contributed by atoms with Crippen molar-refractivity contribution in [1.82, 2.24) is 5.32 Å². The molecule has 0 aliphatic heterocycles. The van der Waals surface area contributed by atoms with Crippen molar-refractivity contribution in [3.05, 3.63) is 24.3 Å². The third-order valence-electron chi connectivity index (χ3n) is 2.07. The van der Waals surface area contributed by atoms with Gasteiger partial charge in [0.2, 0.25) is 5.91 Å². The SMILES string of the molecule is COCC(C)NC(=O)CSc1ccc(N)cc1. The minimum absolute atomic E-state index is 0.0105. The van der Waals surface area contributed by atoms with Crippen LogP contribution in [0.4, 0.5) is 5.69 Å². The zero-order valence-electron chi connectivity index (χ0n) is 10.1. The van der Waals surface area contributed by atoms with Crippen LogP contribution < -0.4 is 11.1 Å². The quantitative estimate of drug-likeness (QED) is 0.596. The molecule has 17 heavy (non-hydrogen) atoms. The summed E-state index contributed by atoms with van der Waals surface area (Å²) >= 11 is 1.49. The van der Waals surface area contributed by atoms with Crippen LogP contribution in [0.5, 0.6) is 0 Å². The van der Waals surface area contributed by atoms with Gasteiger partial charge in [-0.1, -0.05) is 0 Å². The van der Waals surface area contributed by atoms with Crippen LogP contribution in [-0.4, -0.2) is 31.4 Å². The normalized spacial score (nSPS) is 12.1. The molecule has 1 aromatic rings. The van der Waals surface area contributed by atoms with Crippen LogP contribution in [0.15, 0.2) is 29.2 Å². The van der Waals surface area contributed by atoms with Crippen molar-refractivity contribution in [3.8, 4) is 0 Å². The van der Waals surface area contributed by atoms with Gasteiger partial charge in [-0.05, 0) is 31.2 Å². The first-order chi connectivity index (χ1) is 8.11. The molecule has 0 aliphatic carbocycles. The maximum Gasteiger partial charge on any atom is 0.230 e. The monoisotopic (exact) mass is 254 g/mol. The Morgan fingerprint density at radius 1 is 1.47 bits per heavy atom. The van der Waals surface area contributed by atoms with E-state index in [-0.39, 0.29) is 11.9 Å². The van der Waals surface area contributed by atoms with Crippen LogP contribution in [0.1, 0.15) is 6.92 Å². The number of carbonyl (C=O) groups excluding carboxylic acids is 1. The summed E-state index contributed by atoms with van der Waals surface area (Å²) in [6.45, 7) is 2.44. The Bertz CT molecular complexity index is 354. The second kappa shape index (κ2) is 7.19. The molecule has 0 heterocycles. The number of methoxy groups -OCH3 is 1. The predicted octanol–water partition coefficient (Wildman–Crippen LogP) is 1.51. The third kappa shape index (κ3) is 5.60. The third-order valence-corrected chi connectivity index (χ3v) is 3.09. The van der Waals surface area contributed by atoms with E-state index in [1.165, 1.54) is 11.8 Å². The largest absolute Gasteiger partial charge is 0.399 e. The van der Waals surface area contributed by atoms with Crippen molar-refractivity contribution in [2.24, 2.45) is 0 Å². The topological polar surface area (TPSA) is 64.3 Å². The summed E-state index contributed by atoms with van der Waals surface area (Å²) < 4.78 is 4.95. The summed E-state index contributed by atoms with van der Waals surface area (Å²) in [5, 5.41) is 2.85. The molecule has 1 atom stereocenters. The zero-order valence-corrected chi connectivity index (χ0v) is 10.9. The highest BCUT2D eigenvalue weighted by Crippen LogP contribution is 2.18. The summed E-state index contributed by atoms with van der Waals surface area (Å²) in [4.78, 5) is 12.6. The number of hydrogen-bond donors (Lipinski definition) is 2. The number of thioether (sulfide) groups is 1. The summed E-state index contributed by atoms with van der Waals surface area (Å²) in [7, 11) is 1.62. The Morgan fingerprint density at radius 3 is 2.71 bits per heavy atom. The second-order valence-electron chi connectivity index (χ2n) is 3.78. The van der Waals surface area contributed by atoms with Crippen LogP contribution in [-0.2, 0) is 9.53 Å². The number of rotatable bonds is 6. The number of ether oxygens (including phenoxy) is 1. The molecule has 0 fully saturated rings. The van der Waals surface area contributed by atoms with E-state index in [1.54, 1.807) is 7.11 Å². The highest BCUT2D eigenvalue weighted by molar-refractivity contribution is 8.00. The lowest BCUT2D eigenvalue weighted by Gasteiger charge is -2.12. The summed E-state index contributed by atoms with van der Waals surface area (Å²) in [6.07, 6.45) is 0. The molecule has 1 rings (SSSR count). The Morgan fingerprint density at radius 2 is 2.12 bits per heavy atom. The Kier molecular flexibility index (Phi) is 5.86. The minimum Gasteiger partial charge on any atom is -0.399 e. The summed E-state index contributed by atoms with van der Waals surface area (Å²) in [5.74, 6) is 0.411. The molecular formula is C12H18N2O2S. The average molecular weight is 254 g/mol. The number of anilines is 1. The first-order valence-corrected chi connectivity index (χ1v) is 6.37. The fraction of sp³-hybridized carbons (Fsp3) is 0.417. The Balaban J connectivity index is 2.30. The fourth-order valence-electron chi connectivity index (χ4n) is 1.32. The van der Waals surface area contributed by atoms with Gasteiger partial charge >= 0.3 is 0 Å². The first-order valence-electron chi connectivity index (χ1n) is 5.38. The predicted molar refractivity (Wildman–Crippen MR) is 71.1 cm³/mol. The molecule has 0 aromatic heterocycles. The zero-order chi connectivity index (χ0) is 12.7. The van der Waals surface area contributed by atoms with Crippen molar-refractivity contribution in [2.45, 2.75) is 17.9 Å². The highest BCUT2D eigenvalue weighted by atomic mass is 32.2. The van der Waals surface area contributed by atoms with Gasteiger partial charge in [0.1, 0.15) is 0 Å². The van der Waals surface area contributed by atoms with Crippen LogP contribution >= 0.6 is 11.8 Å². The molecule has 0 spiro atoms. The number of hydrogen-bond acceptors (Lipinski definition) is 4. The number of nitrogens with one attached hydrogen (secondary N) is 1. The molecule has 0 aliphatic rings. The first kappa shape index (κ1) is 13.9. The van der Waals surface area contributed by atoms with E-state index in [0.29, 0.717) is 12.4 Å². The van der Waals surface area contributed by atoms with Crippen LogP contribution in [0.3, 0.4) is 0 Å². The molecule has 0 saturated heterocycles. The van der Waals surface area contributed by atoms with E-state index in [4.69, 9.17) is 10.5 Å².